The molecular weight excluding hydrogens is 291 g/mol. The van der Waals surface area contributed by atoms with Gasteiger partial charge in [-0.3, -0.25) is 4.57 Å². The fourth-order valence-electron chi connectivity index (χ4n) is 2.88. The fraction of sp³-hybridized carbons (Fsp3) is 1.00. The monoisotopic (exact) mass is 324 g/mol. The van der Waals surface area contributed by atoms with E-state index in [0.717, 1.165) is 12.8 Å². The summed E-state index contributed by atoms with van der Waals surface area (Å²) in [6.07, 6.45) is 2.51. The summed E-state index contributed by atoms with van der Waals surface area (Å²) < 4.78 is 17.9. The summed E-state index contributed by atoms with van der Waals surface area (Å²) >= 11 is 6.11. The highest BCUT2D eigenvalue weighted by Gasteiger charge is 2.27. The molecule has 0 aromatic carbocycles. The quantitative estimate of drug-likeness (QED) is 0.494. The summed E-state index contributed by atoms with van der Waals surface area (Å²) in [4.78, 5) is 0. The van der Waals surface area contributed by atoms with Gasteiger partial charge in [-0.25, -0.2) is 0 Å². The lowest BCUT2D eigenvalue weighted by atomic mass is 9.86. The predicted octanol–water partition coefficient (Wildman–Crippen LogP) is 6.58. The maximum absolute atomic E-state index is 12.3. The van der Waals surface area contributed by atoms with E-state index in [-0.39, 0.29) is 10.8 Å². The van der Waals surface area contributed by atoms with Gasteiger partial charge >= 0.3 is 0 Å². The summed E-state index contributed by atoms with van der Waals surface area (Å²) in [6.45, 7) is 14.9. The predicted molar refractivity (Wildman–Crippen MR) is 90.8 cm³/mol. The van der Waals surface area contributed by atoms with Crippen molar-refractivity contribution in [2.45, 2.75) is 68.2 Å². The highest BCUT2D eigenvalue weighted by Crippen LogP contribution is 2.55. The number of hydrogen-bond acceptors (Lipinski definition) is 2. The molecule has 20 heavy (non-hydrogen) atoms. The van der Waals surface area contributed by atoms with E-state index in [1.165, 1.54) is 0 Å². The van der Waals surface area contributed by atoms with Crippen molar-refractivity contribution in [1.29, 1.82) is 0 Å². The van der Waals surface area contributed by atoms with E-state index in [0.29, 0.717) is 24.6 Å². The first kappa shape index (κ1) is 20.5. The van der Waals surface area contributed by atoms with Crippen LogP contribution in [-0.4, -0.2) is 12.8 Å². The molecule has 0 fully saturated rings. The zero-order valence-corrected chi connectivity index (χ0v) is 16.3. The molecule has 0 bridgehead atoms. The Hall–Kier alpha value is 0.480. The normalized spacial score (nSPS) is 19.4. The minimum absolute atomic E-state index is 0.232. The molecule has 3 unspecified atom stereocenters. The minimum Gasteiger partial charge on any atom is -0.317 e. The van der Waals surface area contributed by atoms with E-state index < -0.39 is 6.72 Å². The number of hydrogen-bond donors (Lipinski definition) is 0. The Kier molecular flexibility index (Phi) is 7.84. The third-order valence-electron chi connectivity index (χ3n) is 3.00. The van der Waals surface area contributed by atoms with Crippen LogP contribution in [-0.2, 0) is 9.09 Å². The smallest absolute Gasteiger partial charge is 0.290 e. The SMILES string of the molecule is CC(COP(=O)(Cl)CC(C)CC(C)(C)C)CC(C)(C)C. The lowest BCUT2D eigenvalue weighted by molar-refractivity contribution is 0.210. The van der Waals surface area contributed by atoms with E-state index in [9.17, 15) is 4.57 Å². The van der Waals surface area contributed by atoms with Crippen LogP contribution in [0.3, 0.4) is 0 Å². The molecule has 0 heterocycles. The van der Waals surface area contributed by atoms with Gasteiger partial charge in [0, 0.05) is 6.16 Å². The van der Waals surface area contributed by atoms with Crippen molar-refractivity contribution in [3.05, 3.63) is 0 Å². The molecule has 0 amide bonds. The molecule has 2 nitrogen and oxygen atoms in total. The highest BCUT2D eigenvalue weighted by atomic mass is 35.7. The summed E-state index contributed by atoms with van der Waals surface area (Å²) in [5.74, 6) is 0.691. The molecule has 0 spiro atoms. The molecule has 4 heteroatoms. The van der Waals surface area contributed by atoms with Crippen molar-refractivity contribution in [3.8, 4) is 0 Å². The molecule has 0 saturated heterocycles. The topological polar surface area (TPSA) is 26.3 Å². The number of halogens is 1. The Morgan fingerprint density at radius 3 is 1.75 bits per heavy atom. The molecular formula is C16H34ClO2P. The lowest BCUT2D eigenvalue weighted by Crippen LogP contribution is -2.16. The molecule has 0 saturated carbocycles. The Morgan fingerprint density at radius 2 is 1.35 bits per heavy atom. The van der Waals surface area contributed by atoms with Gasteiger partial charge in [-0.05, 0) is 46.7 Å². The average Bonchev–Trinajstić information content (AvgIpc) is 2.07. The van der Waals surface area contributed by atoms with Crippen molar-refractivity contribution in [3.63, 3.8) is 0 Å². The highest BCUT2D eigenvalue weighted by molar-refractivity contribution is 7.85. The van der Waals surface area contributed by atoms with Crippen LogP contribution in [0.2, 0.25) is 0 Å². The lowest BCUT2D eigenvalue weighted by Gasteiger charge is -2.26. The number of rotatable bonds is 7. The first-order chi connectivity index (χ1) is 8.70. The summed E-state index contributed by atoms with van der Waals surface area (Å²) in [6, 6.07) is 0. The Bertz CT molecular complexity index is 328. The Balaban J connectivity index is 4.23. The second-order valence-corrected chi connectivity index (χ2v) is 12.2. The standard InChI is InChI=1S/C16H34ClO2P/c1-13(9-15(3,4)5)11-19-20(17,18)12-14(2)10-16(6,7)8/h13-14H,9-12H2,1-8H3. The third-order valence-corrected chi connectivity index (χ3v) is 5.30. The second kappa shape index (κ2) is 7.65. The van der Waals surface area contributed by atoms with Crippen molar-refractivity contribution in [2.75, 3.05) is 12.8 Å². The summed E-state index contributed by atoms with van der Waals surface area (Å²) in [7, 11) is 0. The van der Waals surface area contributed by atoms with Gasteiger partial charge in [0.05, 0.1) is 6.61 Å². The molecule has 0 radical (unpaired) electrons. The van der Waals surface area contributed by atoms with Crippen molar-refractivity contribution < 1.29 is 9.09 Å². The van der Waals surface area contributed by atoms with Crippen molar-refractivity contribution >= 4 is 18.0 Å². The van der Waals surface area contributed by atoms with Crippen LogP contribution in [0.25, 0.3) is 0 Å². The fourth-order valence-corrected chi connectivity index (χ4v) is 5.21. The maximum Gasteiger partial charge on any atom is 0.290 e. The van der Waals surface area contributed by atoms with Crippen molar-refractivity contribution in [2.24, 2.45) is 22.7 Å². The zero-order valence-electron chi connectivity index (χ0n) is 14.6. The Labute approximate surface area is 131 Å². The van der Waals surface area contributed by atoms with Gasteiger partial charge in [0.1, 0.15) is 0 Å². The van der Waals surface area contributed by atoms with Gasteiger partial charge in [0.25, 0.3) is 6.72 Å². The second-order valence-electron chi connectivity index (χ2n) is 8.81. The summed E-state index contributed by atoms with van der Waals surface area (Å²) in [5, 5.41) is 0. The molecule has 0 N–H and O–H groups in total. The van der Waals surface area contributed by atoms with Crippen LogP contribution >= 0.6 is 18.0 Å². The molecule has 0 aromatic heterocycles. The van der Waals surface area contributed by atoms with E-state index in [4.69, 9.17) is 15.8 Å². The summed E-state index contributed by atoms with van der Waals surface area (Å²) in [5.41, 5.74) is 0.494. The van der Waals surface area contributed by atoms with E-state index in [2.05, 4.69) is 55.4 Å². The van der Waals surface area contributed by atoms with E-state index in [1.807, 2.05) is 0 Å². The largest absolute Gasteiger partial charge is 0.317 e. The molecule has 0 aromatic rings. The molecule has 0 aliphatic carbocycles. The first-order valence-corrected chi connectivity index (χ1v) is 10.3. The maximum atomic E-state index is 12.3. The Morgan fingerprint density at radius 1 is 0.950 bits per heavy atom. The van der Waals surface area contributed by atoms with Crippen LogP contribution < -0.4 is 0 Å². The van der Waals surface area contributed by atoms with Crippen LogP contribution in [0.15, 0.2) is 0 Å². The van der Waals surface area contributed by atoms with Crippen molar-refractivity contribution in [1.82, 2.24) is 0 Å². The van der Waals surface area contributed by atoms with Crippen LogP contribution in [0.1, 0.15) is 68.2 Å². The van der Waals surface area contributed by atoms with Gasteiger partial charge in [-0.1, -0.05) is 55.4 Å². The van der Waals surface area contributed by atoms with Gasteiger partial charge in [0.2, 0.25) is 0 Å². The molecule has 122 valence electrons. The van der Waals surface area contributed by atoms with Gasteiger partial charge in [-0.2, -0.15) is 0 Å². The van der Waals surface area contributed by atoms with Crippen LogP contribution in [0, 0.1) is 22.7 Å². The van der Waals surface area contributed by atoms with Gasteiger partial charge < -0.3 is 4.52 Å². The molecule has 0 aliphatic rings. The third kappa shape index (κ3) is 12.2. The van der Waals surface area contributed by atoms with E-state index >= 15 is 0 Å². The average molecular weight is 325 g/mol. The minimum atomic E-state index is -2.98. The first-order valence-electron chi connectivity index (χ1n) is 7.63. The van der Waals surface area contributed by atoms with Crippen LogP contribution in [0.5, 0.6) is 0 Å². The molecule has 0 aliphatic heterocycles. The van der Waals surface area contributed by atoms with Gasteiger partial charge in [0.15, 0.2) is 0 Å². The molecule has 3 atom stereocenters. The molecule has 0 rings (SSSR count). The zero-order chi connectivity index (χ0) is 16.2. The van der Waals surface area contributed by atoms with Crippen LogP contribution in [0.4, 0.5) is 0 Å². The van der Waals surface area contributed by atoms with E-state index in [1.54, 1.807) is 0 Å². The van der Waals surface area contributed by atoms with Gasteiger partial charge in [-0.15, -0.1) is 0 Å².